The molecule has 0 bridgehead atoms. The quantitative estimate of drug-likeness (QED) is 0.103. The van der Waals surface area contributed by atoms with Crippen LogP contribution in [0.25, 0.3) is 22.2 Å². The van der Waals surface area contributed by atoms with Gasteiger partial charge in [-0.1, -0.05) is 47.2 Å². The maximum Gasteiger partial charge on any atom is 0.326 e. The van der Waals surface area contributed by atoms with Gasteiger partial charge in [-0.15, -0.1) is 0 Å². The van der Waals surface area contributed by atoms with Gasteiger partial charge < -0.3 is 10.0 Å². The van der Waals surface area contributed by atoms with Crippen molar-refractivity contribution in [2.75, 3.05) is 6.54 Å². The van der Waals surface area contributed by atoms with Crippen LogP contribution >= 0.6 is 23.2 Å². The SMILES string of the molecule is NNC(=O)c1cc(-c2ccc(C#Cc3ccc(C(=O)N4CCCCC4C(=O)O)cc3Cl)cc2)nc2cc(Cl)ncc12. The minimum Gasteiger partial charge on any atom is -0.480 e. The van der Waals surface area contributed by atoms with E-state index in [9.17, 15) is 19.5 Å². The molecule has 3 heterocycles. The summed E-state index contributed by atoms with van der Waals surface area (Å²) in [5, 5.41) is 10.6. The van der Waals surface area contributed by atoms with E-state index in [2.05, 4.69) is 27.2 Å². The largest absolute Gasteiger partial charge is 0.480 e. The summed E-state index contributed by atoms with van der Waals surface area (Å²) in [6.07, 6.45) is 3.45. The standard InChI is InChI=1S/C30H23Cl2N5O4/c31-23-13-20(29(39)37-12-2-1-3-26(37)30(40)41)11-10-18(23)7-4-17-5-8-19(9-6-17)24-14-21(28(38)36-33)22-16-34-27(32)15-25(22)35-24/h5-6,8-11,13-16,26H,1-3,12,33H2,(H,36,38)(H,40,41). The fourth-order valence-corrected chi connectivity index (χ4v) is 5.10. The normalized spacial score (nSPS) is 14.7. The second-order valence-electron chi connectivity index (χ2n) is 9.42. The molecule has 2 aromatic heterocycles. The molecule has 1 aliphatic heterocycles. The Labute approximate surface area is 245 Å². The number of pyridine rings is 2. The van der Waals surface area contributed by atoms with Crippen molar-refractivity contribution >= 4 is 51.9 Å². The lowest BCUT2D eigenvalue weighted by molar-refractivity contribution is -0.143. The van der Waals surface area contributed by atoms with Gasteiger partial charge in [-0.2, -0.15) is 0 Å². The fraction of sp³-hybridized carbons (Fsp3) is 0.167. The number of carboxylic acids is 1. The van der Waals surface area contributed by atoms with Crippen LogP contribution in [0.4, 0.5) is 0 Å². The lowest BCUT2D eigenvalue weighted by atomic mass is 10.0. The molecule has 1 fully saturated rings. The number of nitrogens with two attached hydrogens (primary N) is 1. The van der Waals surface area contributed by atoms with Gasteiger partial charge in [-0.05, 0) is 55.7 Å². The maximum absolute atomic E-state index is 13.0. The molecular formula is C30H23Cl2N5O4. The molecule has 4 aromatic rings. The number of carbonyl (C=O) groups is 3. The first kappa shape index (κ1) is 28.1. The number of hydrazine groups is 1. The Morgan fingerprint density at radius 1 is 1.02 bits per heavy atom. The van der Waals surface area contributed by atoms with Crippen molar-refractivity contribution < 1.29 is 19.5 Å². The summed E-state index contributed by atoms with van der Waals surface area (Å²) in [6.45, 7) is 0.395. The number of carboxylic acid groups (broad SMARTS) is 1. The number of nitrogen functional groups attached to an aromatic ring is 1. The Morgan fingerprint density at radius 2 is 1.80 bits per heavy atom. The Morgan fingerprint density at radius 3 is 2.51 bits per heavy atom. The zero-order valence-electron chi connectivity index (χ0n) is 21.5. The number of aliphatic carboxylic acids is 1. The molecule has 1 atom stereocenters. The molecule has 0 spiro atoms. The van der Waals surface area contributed by atoms with E-state index in [1.165, 1.54) is 17.2 Å². The topological polar surface area (TPSA) is 139 Å². The molecule has 2 aromatic carbocycles. The number of hydrogen-bond acceptors (Lipinski definition) is 6. The number of aromatic nitrogens is 2. The van der Waals surface area contributed by atoms with Crippen LogP contribution in [0, 0.1) is 11.8 Å². The van der Waals surface area contributed by atoms with Crippen LogP contribution in [-0.2, 0) is 4.79 Å². The van der Waals surface area contributed by atoms with E-state index < -0.39 is 17.9 Å². The highest BCUT2D eigenvalue weighted by molar-refractivity contribution is 6.32. The molecule has 1 aliphatic rings. The average molecular weight is 588 g/mol. The van der Waals surface area contributed by atoms with Crippen LogP contribution in [0.3, 0.4) is 0 Å². The van der Waals surface area contributed by atoms with Crippen molar-refractivity contribution in [3.8, 4) is 23.1 Å². The molecule has 0 aliphatic carbocycles. The monoisotopic (exact) mass is 587 g/mol. The van der Waals surface area contributed by atoms with Crippen molar-refractivity contribution in [1.29, 1.82) is 0 Å². The number of carbonyl (C=O) groups excluding carboxylic acids is 2. The van der Waals surface area contributed by atoms with Crippen LogP contribution in [0.1, 0.15) is 51.1 Å². The van der Waals surface area contributed by atoms with Crippen LogP contribution in [0.5, 0.6) is 0 Å². The molecule has 2 amide bonds. The van der Waals surface area contributed by atoms with Gasteiger partial charge in [-0.25, -0.2) is 20.6 Å². The van der Waals surface area contributed by atoms with E-state index in [0.717, 1.165) is 18.4 Å². The molecule has 0 radical (unpaired) electrons. The predicted octanol–water partition coefficient (Wildman–Crippen LogP) is 4.69. The highest BCUT2D eigenvalue weighted by atomic mass is 35.5. The van der Waals surface area contributed by atoms with E-state index >= 15 is 0 Å². The lowest BCUT2D eigenvalue weighted by Gasteiger charge is -2.33. The summed E-state index contributed by atoms with van der Waals surface area (Å²) in [5.74, 6) is 9.60. The van der Waals surface area contributed by atoms with Crippen molar-refractivity contribution in [1.82, 2.24) is 20.3 Å². The number of hydrogen-bond donors (Lipinski definition) is 3. The predicted molar refractivity (Wildman–Crippen MR) is 155 cm³/mol. The Hall–Kier alpha value is -4.49. The average Bonchev–Trinajstić information content (AvgIpc) is 2.99. The van der Waals surface area contributed by atoms with Crippen molar-refractivity contribution in [2.24, 2.45) is 5.84 Å². The van der Waals surface area contributed by atoms with Crippen LogP contribution in [-0.4, -0.2) is 50.3 Å². The van der Waals surface area contributed by atoms with Gasteiger partial charge in [-0.3, -0.25) is 15.0 Å². The minimum atomic E-state index is -1.00. The summed E-state index contributed by atoms with van der Waals surface area (Å²) >= 11 is 12.5. The fourth-order valence-electron chi connectivity index (χ4n) is 4.72. The number of halogens is 2. The maximum atomic E-state index is 13.0. The number of fused-ring (bicyclic) bond motifs is 1. The van der Waals surface area contributed by atoms with Gasteiger partial charge in [0.2, 0.25) is 0 Å². The second-order valence-corrected chi connectivity index (χ2v) is 10.2. The first-order valence-electron chi connectivity index (χ1n) is 12.7. The van der Waals surface area contributed by atoms with E-state index in [0.29, 0.717) is 56.8 Å². The smallest absolute Gasteiger partial charge is 0.326 e. The van der Waals surface area contributed by atoms with Gasteiger partial charge in [0.05, 0.1) is 21.8 Å². The molecule has 9 nitrogen and oxygen atoms in total. The van der Waals surface area contributed by atoms with Crippen molar-refractivity contribution in [3.63, 3.8) is 0 Å². The van der Waals surface area contributed by atoms with Crippen molar-refractivity contribution in [3.05, 3.63) is 93.2 Å². The van der Waals surface area contributed by atoms with Crippen LogP contribution < -0.4 is 11.3 Å². The highest BCUT2D eigenvalue weighted by Gasteiger charge is 2.32. The van der Waals surface area contributed by atoms with Crippen molar-refractivity contribution in [2.45, 2.75) is 25.3 Å². The number of nitrogens with one attached hydrogen (secondary N) is 1. The van der Waals surface area contributed by atoms with E-state index in [4.69, 9.17) is 29.0 Å². The van der Waals surface area contributed by atoms with E-state index in [-0.39, 0.29) is 11.1 Å². The summed E-state index contributed by atoms with van der Waals surface area (Å²) in [6, 6.07) is 14.4. The zero-order chi connectivity index (χ0) is 29.1. The molecule has 41 heavy (non-hydrogen) atoms. The molecule has 0 saturated carbocycles. The third kappa shape index (κ3) is 6.00. The molecule has 1 unspecified atom stereocenters. The van der Waals surface area contributed by atoms with E-state index in [1.54, 1.807) is 24.3 Å². The summed E-state index contributed by atoms with van der Waals surface area (Å²) < 4.78 is 0. The Balaban J connectivity index is 1.37. The van der Waals surface area contributed by atoms with Gasteiger partial charge in [0.15, 0.2) is 0 Å². The number of amides is 2. The molecule has 1 saturated heterocycles. The molecular weight excluding hydrogens is 565 g/mol. The minimum absolute atomic E-state index is 0.249. The first-order valence-corrected chi connectivity index (χ1v) is 13.4. The zero-order valence-corrected chi connectivity index (χ0v) is 23.0. The van der Waals surface area contributed by atoms with Gasteiger partial charge >= 0.3 is 5.97 Å². The van der Waals surface area contributed by atoms with Gasteiger partial charge in [0.25, 0.3) is 11.8 Å². The van der Waals surface area contributed by atoms with Gasteiger partial charge in [0, 0.05) is 46.4 Å². The third-order valence-electron chi connectivity index (χ3n) is 6.82. The molecule has 206 valence electrons. The summed E-state index contributed by atoms with van der Waals surface area (Å²) in [7, 11) is 0. The highest BCUT2D eigenvalue weighted by Crippen LogP contribution is 2.27. The Kier molecular flexibility index (Phi) is 8.17. The Bertz CT molecular complexity index is 1750. The first-order chi connectivity index (χ1) is 19.7. The molecule has 4 N–H and O–H groups in total. The molecule has 11 heteroatoms. The third-order valence-corrected chi connectivity index (χ3v) is 7.34. The number of piperidine rings is 1. The second kappa shape index (κ2) is 11.9. The number of nitrogens with zero attached hydrogens (tertiary/aromatic N) is 3. The van der Waals surface area contributed by atoms with Crippen LogP contribution in [0.15, 0.2) is 60.8 Å². The summed E-state index contributed by atoms with van der Waals surface area (Å²) in [5.41, 5.74) is 5.80. The lowest BCUT2D eigenvalue weighted by Crippen LogP contribution is -2.47. The van der Waals surface area contributed by atoms with Crippen LogP contribution in [0.2, 0.25) is 10.2 Å². The van der Waals surface area contributed by atoms with Gasteiger partial charge in [0.1, 0.15) is 11.2 Å². The summed E-state index contributed by atoms with van der Waals surface area (Å²) in [4.78, 5) is 47.0. The number of likely N-dealkylation sites (tertiary alicyclic amines) is 1. The molecule has 5 rings (SSSR count). The number of rotatable bonds is 4. The van der Waals surface area contributed by atoms with E-state index in [1.807, 2.05) is 24.3 Å². The number of benzene rings is 2.